The van der Waals surface area contributed by atoms with Gasteiger partial charge in [0.2, 0.25) is 0 Å². The molecule has 0 aromatic heterocycles. The predicted molar refractivity (Wildman–Crippen MR) is 58.3 cm³/mol. The van der Waals surface area contributed by atoms with E-state index >= 15 is 0 Å². The summed E-state index contributed by atoms with van der Waals surface area (Å²) < 4.78 is 0. The first kappa shape index (κ1) is 13.2. The van der Waals surface area contributed by atoms with Gasteiger partial charge in [0.1, 0.15) is 0 Å². The second-order valence-corrected chi connectivity index (χ2v) is 3.35. The number of hydrogen-bond acceptors (Lipinski definition) is 0. The second-order valence-electron chi connectivity index (χ2n) is 3.35. The molecule has 2 aromatic carbocycles. The van der Waals surface area contributed by atoms with Crippen LogP contribution in [0.3, 0.4) is 0 Å². The van der Waals surface area contributed by atoms with Gasteiger partial charge in [0.15, 0.2) is 0 Å². The molecule has 0 aliphatic rings. The minimum Gasteiger partial charge on any atom is -0.213 e. The topological polar surface area (TPSA) is 0 Å². The molecule has 2 aromatic rings. The molecular formula is C13H16Fe. The summed E-state index contributed by atoms with van der Waals surface area (Å²) in [6.07, 6.45) is 0. The van der Waals surface area contributed by atoms with Crippen molar-refractivity contribution in [3.63, 3.8) is 0 Å². The first-order chi connectivity index (χ1) is 6.20. The summed E-state index contributed by atoms with van der Waals surface area (Å²) in [6, 6.07) is 14.6. The first-order valence-electron chi connectivity index (χ1n) is 4.57. The van der Waals surface area contributed by atoms with Crippen LogP contribution in [0.5, 0.6) is 0 Å². The Morgan fingerprint density at radius 2 is 1.64 bits per heavy atom. The average molecular weight is 228 g/mol. The molecule has 0 saturated carbocycles. The van der Waals surface area contributed by atoms with E-state index in [0.29, 0.717) is 0 Å². The summed E-state index contributed by atoms with van der Waals surface area (Å²) in [5.41, 5.74) is 4.12. The zero-order valence-corrected chi connectivity index (χ0v) is 10.00. The third-order valence-electron chi connectivity index (χ3n) is 2.14. The Bertz CT molecular complexity index is 311. The Balaban J connectivity index is 0.000000227. The van der Waals surface area contributed by atoms with E-state index < -0.39 is 0 Å². The predicted octanol–water partition coefficient (Wildman–Crippen LogP) is 3.73. The van der Waals surface area contributed by atoms with Crippen LogP contribution in [0.15, 0.2) is 42.5 Å². The Hall–Kier alpha value is -0.781. The fourth-order valence-corrected chi connectivity index (χ4v) is 1.07. The fourth-order valence-electron chi connectivity index (χ4n) is 1.07. The van der Waals surface area contributed by atoms with E-state index in [1.807, 2.05) is 12.1 Å². The van der Waals surface area contributed by atoms with Gasteiger partial charge in [-0.2, -0.15) is 41.0 Å². The van der Waals surface area contributed by atoms with Crippen molar-refractivity contribution in [3.8, 4) is 0 Å². The van der Waals surface area contributed by atoms with Gasteiger partial charge in [0.25, 0.3) is 0 Å². The number of aryl methyl sites for hydroxylation is 3. The van der Waals surface area contributed by atoms with Crippen molar-refractivity contribution in [1.82, 2.24) is 0 Å². The Morgan fingerprint density at radius 3 is 1.79 bits per heavy atom. The zero-order valence-electron chi connectivity index (χ0n) is 8.90. The molecule has 0 N–H and O–H groups in total. The minimum atomic E-state index is 0. The maximum Gasteiger partial charge on any atom is 2.00 e. The molecule has 0 heterocycles. The van der Waals surface area contributed by atoms with Gasteiger partial charge >= 0.3 is 17.1 Å². The second kappa shape index (κ2) is 6.64. The Kier molecular flexibility index (Phi) is 6.27. The van der Waals surface area contributed by atoms with Crippen LogP contribution in [0.2, 0.25) is 0 Å². The quantitative estimate of drug-likeness (QED) is 0.476. The van der Waals surface area contributed by atoms with Crippen LogP contribution in [-0.2, 0) is 17.1 Å². The molecule has 0 bridgehead atoms. The number of rotatable bonds is 0. The van der Waals surface area contributed by atoms with Gasteiger partial charge in [0, 0.05) is 0 Å². The first-order valence-corrected chi connectivity index (χ1v) is 4.57. The fraction of sp³-hybridized carbons (Fsp3) is 0.231. The number of hydrogen-bond donors (Lipinski definition) is 0. The molecule has 0 atom stereocenters. The van der Waals surface area contributed by atoms with Gasteiger partial charge in [-0.05, 0) is 0 Å². The normalized spacial score (nSPS) is 8.50. The van der Waals surface area contributed by atoms with E-state index in [1.165, 1.54) is 16.7 Å². The van der Waals surface area contributed by atoms with Gasteiger partial charge in [-0.1, -0.05) is 20.8 Å². The molecule has 0 aliphatic carbocycles. The van der Waals surface area contributed by atoms with Crippen molar-refractivity contribution in [2.24, 2.45) is 0 Å². The minimum absolute atomic E-state index is 0. The summed E-state index contributed by atoms with van der Waals surface area (Å²) in [7, 11) is 0. The van der Waals surface area contributed by atoms with E-state index in [2.05, 4.69) is 51.1 Å². The van der Waals surface area contributed by atoms with Crippen molar-refractivity contribution < 1.29 is 17.1 Å². The van der Waals surface area contributed by atoms with Gasteiger partial charge in [0.05, 0.1) is 0 Å². The third kappa shape index (κ3) is 4.45. The largest absolute Gasteiger partial charge is 2.00 e. The molecule has 0 saturated heterocycles. The van der Waals surface area contributed by atoms with Crippen molar-refractivity contribution in [3.05, 3.63) is 59.2 Å². The molecule has 0 unspecified atom stereocenters. The molecule has 0 fully saturated rings. The Morgan fingerprint density at radius 1 is 0.929 bits per heavy atom. The molecule has 2 rings (SSSR count). The zero-order chi connectivity index (χ0) is 9.68. The average Bonchev–Trinajstić information content (AvgIpc) is 2.67. The van der Waals surface area contributed by atoms with E-state index in [1.54, 1.807) is 0 Å². The third-order valence-corrected chi connectivity index (χ3v) is 2.14. The Labute approximate surface area is 97.2 Å². The molecule has 14 heavy (non-hydrogen) atoms. The summed E-state index contributed by atoms with van der Waals surface area (Å²) in [5.74, 6) is 0. The summed E-state index contributed by atoms with van der Waals surface area (Å²) in [6.45, 7) is 6.32. The molecular weight excluding hydrogens is 212 g/mol. The monoisotopic (exact) mass is 228 g/mol. The van der Waals surface area contributed by atoms with Crippen molar-refractivity contribution in [2.75, 3.05) is 0 Å². The summed E-state index contributed by atoms with van der Waals surface area (Å²) in [5, 5.41) is 0. The maximum absolute atomic E-state index is 2.12. The van der Waals surface area contributed by atoms with Gasteiger partial charge < -0.3 is 0 Å². The van der Waals surface area contributed by atoms with E-state index in [-0.39, 0.29) is 17.1 Å². The van der Waals surface area contributed by atoms with Crippen molar-refractivity contribution in [1.29, 1.82) is 0 Å². The van der Waals surface area contributed by atoms with Crippen LogP contribution in [-0.4, -0.2) is 0 Å². The summed E-state index contributed by atoms with van der Waals surface area (Å²) in [4.78, 5) is 0. The maximum atomic E-state index is 2.12. The molecule has 1 heteroatoms. The van der Waals surface area contributed by atoms with E-state index in [0.717, 1.165) is 0 Å². The van der Waals surface area contributed by atoms with E-state index in [9.17, 15) is 0 Å². The molecule has 0 spiro atoms. The van der Waals surface area contributed by atoms with Crippen molar-refractivity contribution >= 4 is 0 Å². The van der Waals surface area contributed by atoms with Crippen LogP contribution in [0.1, 0.15) is 16.7 Å². The standard InChI is InChI=1S/C7H9.C6H7.Fe/c1-6-4-3-5-7(6)2;1-6-4-2-3-5-6;/h3-5H,1-2H3;2-5H,1H3;/q2*-1;+2. The molecule has 0 amide bonds. The van der Waals surface area contributed by atoms with Crippen LogP contribution >= 0.6 is 0 Å². The van der Waals surface area contributed by atoms with Gasteiger partial charge in [-0.15, -0.1) is 0 Å². The molecule has 76 valence electrons. The molecule has 0 radical (unpaired) electrons. The smallest absolute Gasteiger partial charge is 0.213 e. The molecule has 0 nitrogen and oxygen atoms in total. The van der Waals surface area contributed by atoms with Crippen LogP contribution in [0.25, 0.3) is 0 Å². The molecule has 0 aliphatic heterocycles. The van der Waals surface area contributed by atoms with Crippen LogP contribution < -0.4 is 0 Å². The van der Waals surface area contributed by atoms with E-state index in [4.69, 9.17) is 0 Å². The van der Waals surface area contributed by atoms with Crippen molar-refractivity contribution in [2.45, 2.75) is 20.8 Å². The van der Waals surface area contributed by atoms with Gasteiger partial charge in [-0.3, -0.25) is 0 Å². The SMILES string of the molecule is Cc1cc[cH-]c1C.Cc1ccc[cH-]1.[Fe+2]. The van der Waals surface area contributed by atoms with Gasteiger partial charge in [-0.25, -0.2) is 18.2 Å². The van der Waals surface area contributed by atoms with Crippen LogP contribution in [0.4, 0.5) is 0 Å². The van der Waals surface area contributed by atoms with Crippen LogP contribution in [0, 0.1) is 20.8 Å². The summed E-state index contributed by atoms with van der Waals surface area (Å²) >= 11 is 0.